The predicted octanol–water partition coefficient (Wildman–Crippen LogP) is 3.19. The van der Waals surface area contributed by atoms with Gasteiger partial charge in [0.1, 0.15) is 17.9 Å². The molecule has 0 aliphatic rings. The molecule has 0 spiro atoms. The second kappa shape index (κ2) is 5.63. The molecule has 1 aromatic carbocycles. The number of nitrogens with one attached hydrogen (secondary N) is 1. The van der Waals surface area contributed by atoms with Crippen LogP contribution in [0.15, 0.2) is 30.6 Å². The van der Waals surface area contributed by atoms with E-state index in [9.17, 15) is 4.79 Å². The number of nitrogens with zero attached hydrogens (tertiary/aromatic N) is 2. The first-order valence-corrected chi connectivity index (χ1v) is 6.58. The van der Waals surface area contributed by atoms with E-state index in [1.165, 1.54) is 13.3 Å². The molecular weight excluding hydrogens is 278 g/mol. The van der Waals surface area contributed by atoms with Crippen molar-refractivity contribution in [3.8, 4) is 5.75 Å². The third kappa shape index (κ3) is 2.99. The van der Waals surface area contributed by atoms with E-state index in [4.69, 9.17) is 16.3 Å². The zero-order valence-corrected chi connectivity index (χ0v) is 12.3. The first-order valence-electron chi connectivity index (χ1n) is 6.20. The van der Waals surface area contributed by atoms with E-state index in [-0.39, 0.29) is 5.78 Å². The lowest BCUT2D eigenvalue weighted by molar-refractivity contribution is -0.130. The Balaban J connectivity index is 2.33. The summed E-state index contributed by atoms with van der Waals surface area (Å²) in [6, 6.07) is 6.95. The summed E-state index contributed by atoms with van der Waals surface area (Å²) >= 11 is 5.85. The van der Waals surface area contributed by atoms with Crippen LogP contribution in [0, 0.1) is 5.41 Å². The smallest absolute Gasteiger partial charge is 0.192 e. The van der Waals surface area contributed by atoms with Gasteiger partial charge in [-0.1, -0.05) is 11.6 Å². The Kier molecular flexibility index (Phi) is 4.09. The molecule has 2 aromatic rings. The number of ether oxygens (including phenoxy) is 1. The summed E-state index contributed by atoms with van der Waals surface area (Å²) in [6.45, 7) is 5.16. The van der Waals surface area contributed by atoms with Crippen molar-refractivity contribution < 1.29 is 9.53 Å². The van der Waals surface area contributed by atoms with Gasteiger partial charge >= 0.3 is 0 Å². The molecule has 1 heterocycles. The van der Waals surface area contributed by atoms with E-state index in [2.05, 4.69) is 15.2 Å². The molecule has 5 nitrogen and oxygen atoms in total. The molecular formula is C14H16ClN3O2. The summed E-state index contributed by atoms with van der Waals surface area (Å²) in [4.78, 5) is 16.0. The van der Waals surface area contributed by atoms with Crippen molar-refractivity contribution in [3.63, 3.8) is 0 Å². The highest BCUT2D eigenvalue weighted by Crippen LogP contribution is 2.36. The number of ketones is 1. The average Bonchev–Trinajstić information content (AvgIpc) is 2.91. The van der Waals surface area contributed by atoms with E-state index in [0.717, 1.165) is 0 Å². The van der Waals surface area contributed by atoms with Crippen LogP contribution in [0.1, 0.15) is 32.7 Å². The van der Waals surface area contributed by atoms with Gasteiger partial charge in [0.25, 0.3) is 0 Å². The molecule has 20 heavy (non-hydrogen) atoms. The lowest BCUT2D eigenvalue weighted by Crippen LogP contribution is -2.34. The Bertz CT molecular complexity index is 579. The SMILES string of the molecule is CC(=O)C(C)(C)C(Oc1ccc(Cl)cc1)c1nc[nH]n1. The molecule has 0 amide bonds. The third-order valence-electron chi connectivity index (χ3n) is 3.30. The van der Waals surface area contributed by atoms with Crippen LogP contribution in [-0.2, 0) is 4.79 Å². The summed E-state index contributed by atoms with van der Waals surface area (Å²) in [5.74, 6) is 1.06. The average molecular weight is 294 g/mol. The Morgan fingerprint density at radius 1 is 1.35 bits per heavy atom. The van der Waals surface area contributed by atoms with E-state index in [1.54, 1.807) is 24.3 Å². The van der Waals surface area contributed by atoms with Crippen LogP contribution in [0.5, 0.6) is 5.75 Å². The fourth-order valence-electron chi connectivity index (χ4n) is 1.70. The van der Waals surface area contributed by atoms with Gasteiger partial charge < -0.3 is 4.74 Å². The Morgan fingerprint density at radius 3 is 2.50 bits per heavy atom. The van der Waals surface area contributed by atoms with Crippen molar-refractivity contribution in [2.24, 2.45) is 5.41 Å². The highest BCUT2D eigenvalue weighted by molar-refractivity contribution is 6.30. The molecule has 0 radical (unpaired) electrons. The molecule has 2 rings (SSSR count). The van der Waals surface area contributed by atoms with Gasteiger partial charge in [-0.2, -0.15) is 5.10 Å². The Hall–Kier alpha value is -1.88. The van der Waals surface area contributed by atoms with Crippen LogP contribution in [0.25, 0.3) is 0 Å². The number of hydrogen-bond acceptors (Lipinski definition) is 4. The van der Waals surface area contributed by atoms with E-state index >= 15 is 0 Å². The van der Waals surface area contributed by atoms with Crippen LogP contribution < -0.4 is 4.74 Å². The third-order valence-corrected chi connectivity index (χ3v) is 3.55. The van der Waals surface area contributed by atoms with Gasteiger partial charge in [0.05, 0.1) is 5.41 Å². The van der Waals surface area contributed by atoms with Crippen molar-refractivity contribution >= 4 is 17.4 Å². The number of Topliss-reactive ketones (excluding diaryl/α,β-unsaturated/α-hetero) is 1. The van der Waals surface area contributed by atoms with Crippen LogP contribution >= 0.6 is 11.6 Å². The first-order chi connectivity index (χ1) is 9.41. The minimum atomic E-state index is -0.748. The van der Waals surface area contributed by atoms with Crippen LogP contribution in [0.2, 0.25) is 5.02 Å². The summed E-state index contributed by atoms with van der Waals surface area (Å²) in [6.07, 6.45) is 0.886. The molecule has 1 unspecified atom stereocenters. The largest absolute Gasteiger partial charge is 0.481 e. The second-order valence-electron chi connectivity index (χ2n) is 5.09. The van der Waals surface area contributed by atoms with Gasteiger partial charge in [0.2, 0.25) is 0 Å². The lowest BCUT2D eigenvalue weighted by atomic mass is 9.82. The lowest BCUT2D eigenvalue weighted by Gasteiger charge is -2.30. The number of carbonyl (C=O) groups is 1. The van der Waals surface area contributed by atoms with Gasteiger partial charge in [0, 0.05) is 5.02 Å². The molecule has 0 saturated carbocycles. The maximum Gasteiger partial charge on any atom is 0.192 e. The van der Waals surface area contributed by atoms with Gasteiger partial charge in [-0.25, -0.2) is 4.98 Å². The zero-order chi connectivity index (χ0) is 14.8. The standard InChI is InChI=1S/C14H16ClN3O2/c1-9(19)14(2,3)12(13-16-8-17-18-13)20-11-6-4-10(15)5-7-11/h4-8,12H,1-3H3,(H,16,17,18). The first kappa shape index (κ1) is 14.5. The predicted molar refractivity (Wildman–Crippen MR) is 75.7 cm³/mol. The fraction of sp³-hybridized carbons (Fsp3) is 0.357. The summed E-state index contributed by atoms with van der Waals surface area (Å²) in [7, 11) is 0. The molecule has 1 atom stereocenters. The number of halogens is 1. The van der Waals surface area contributed by atoms with Crippen molar-refractivity contribution in [1.29, 1.82) is 0 Å². The summed E-state index contributed by atoms with van der Waals surface area (Å²) < 4.78 is 5.92. The molecule has 106 valence electrons. The zero-order valence-electron chi connectivity index (χ0n) is 11.6. The summed E-state index contributed by atoms with van der Waals surface area (Å²) in [5.41, 5.74) is -0.748. The van der Waals surface area contributed by atoms with E-state index in [1.807, 2.05) is 13.8 Å². The van der Waals surface area contributed by atoms with Crippen molar-refractivity contribution in [2.75, 3.05) is 0 Å². The number of aromatic amines is 1. The summed E-state index contributed by atoms with van der Waals surface area (Å²) in [5, 5.41) is 7.30. The second-order valence-corrected chi connectivity index (χ2v) is 5.52. The molecule has 0 aliphatic carbocycles. The van der Waals surface area contributed by atoms with Gasteiger partial charge in [-0.05, 0) is 45.0 Å². The molecule has 0 aliphatic heterocycles. The highest BCUT2D eigenvalue weighted by atomic mass is 35.5. The number of hydrogen-bond donors (Lipinski definition) is 1. The number of H-pyrrole nitrogens is 1. The number of carbonyl (C=O) groups excluding carboxylic acids is 1. The molecule has 1 N–H and O–H groups in total. The molecule has 6 heteroatoms. The van der Waals surface area contributed by atoms with Gasteiger partial charge in [-0.3, -0.25) is 9.89 Å². The number of benzene rings is 1. The van der Waals surface area contributed by atoms with E-state index < -0.39 is 11.5 Å². The quantitative estimate of drug-likeness (QED) is 0.919. The molecule has 0 saturated heterocycles. The van der Waals surface area contributed by atoms with Gasteiger partial charge in [-0.15, -0.1) is 0 Å². The fourth-order valence-corrected chi connectivity index (χ4v) is 1.83. The minimum Gasteiger partial charge on any atom is -0.481 e. The van der Waals surface area contributed by atoms with Crippen LogP contribution in [0.3, 0.4) is 0 Å². The molecule has 0 fully saturated rings. The normalized spacial score (nSPS) is 13.0. The number of aromatic nitrogens is 3. The van der Waals surface area contributed by atoms with Crippen molar-refractivity contribution in [1.82, 2.24) is 15.2 Å². The van der Waals surface area contributed by atoms with E-state index in [0.29, 0.717) is 16.6 Å². The maximum atomic E-state index is 11.9. The van der Waals surface area contributed by atoms with Crippen molar-refractivity contribution in [2.45, 2.75) is 26.9 Å². The highest BCUT2D eigenvalue weighted by Gasteiger charge is 2.39. The molecule has 1 aromatic heterocycles. The van der Waals surface area contributed by atoms with Crippen molar-refractivity contribution in [3.05, 3.63) is 41.4 Å². The number of rotatable bonds is 5. The maximum absolute atomic E-state index is 11.9. The van der Waals surface area contributed by atoms with Gasteiger partial charge in [0.15, 0.2) is 11.9 Å². The minimum absolute atomic E-state index is 0.00117. The Morgan fingerprint density at radius 2 is 2.00 bits per heavy atom. The Labute approximate surface area is 122 Å². The topological polar surface area (TPSA) is 67.9 Å². The monoisotopic (exact) mass is 293 g/mol. The molecule has 0 bridgehead atoms. The van der Waals surface area contributed by atoms with Crippen LogP contribution in [-0.4, -0.2) is 21.0 Å². The van der Waals surface area contributed by atoms with Crippen LogP contribution in [0.4, 0.5) is 0 Å².